The third-order valence-electron chi connectivity index (χ3n) is 5.76. The molecule has 0 aliphatic carbocycles. The van der Waals surface area contributed by atoms with Crippen LogP contribution in [0.25, 0.3) is 10.9 Å². The number of anilines is 2. The lowest BCUT2D eigenvalue weighted by Crippen LogP contribution is -2.39. The average Bonchev–Trinajstić information content (AvgIpc) is 3.28. The first-order valence-corrected chi connectivity index (χ1v) is 11.3. The maximum Gasteiger partial charge on any atom is 0.319 e. The second kappa shape index (κ2) is 10.6. The Kier molecular flexibility index (Phi) is 6.95. The highest BCUT2D eigenvalue weighted by Gasteiger charge is 2.16. The number of aromatic amines is 1. The van der Waals surface area contributed by atoms with E-state index in [4.69, 9.17) is 14.2 Å². The molecule has 33 heavy (non-hydrogen) atoms. The van der Waals surface area contributed by atoms with E-state index in [9.17, 15) is 0 Å². The van der Waals surface area contributed by atoms with Gasteiger partial charge in [0.2, 0.25) is 0 Å². The summed E-state index contributed by atoms with van der Waals surface area (Å²) in [7, 11) is 0. The Hall–Kier alpha value is -3.21. The number of hydrogen-bond acceptors (Lipinski definition) is 9. The lowest BCUT2D eigenvalue weighted by Gasteiger charge is -2.28. The fourth-order valence-electron chi connectivity index (χ4n) is 3.94. The summed E-state index contributed by atoms with van der Waals surface area (Å²) in [6.07, 6.45) is 3.60. The number of fused-ring (bicyclic) bond motifs is 1. The Bertz CT molecular complexity index is 1070. The molecule has 174 valence electrons. The van der Waals surface area contributed by atoms with Crippen LogP contribution in [0.2, 0.25) is 0 Å². The zero-order valence-corrected chi connectivity index (χ0v) is 18.6. The number of aromatic nitrogens is 3. The Morgan fingerprint density at radius 3 is 2.70 bits per heavy atom. The molecule has 5 rings (SSSR count). The van der Waals surface area contributed by atoms with Crippen LogP contribution in [-0.2, 0) is 9.47 Å². The van der Waals surface area contributed by atoms with Crippen molar-refractivity contribution in [2.24, 2.45) is 5.10 Å². The van der Waals surface area contributed by atoms with Crippen molar-refractivity contribution >= 4 is 28.6 Å². The smallest absolute Gasteiger partial charge is 0.319 e. The molecule has 0 radical (unpaired) electrons. The first-order chi connectivity index (χ1) is 16.3. The number of nitrogens with zero attached hydrogens (tertiary/aromatic N) is 5. The van der Waals surface area contributed by atoms with Crippen LogP contribution in [0.5, 0.6) is 6.01 Å². The molecule has 0 saturated carbocycles. The summed E-state index contributed by atoms with van der Waals surface area (Å²) in [6.45, 7) is 7.68. The average molecular weight is 452 g/mol. The van der Waals surface area contributed by atoms with Crippen molar-refractivity contribution in [2.45, 2.75) is 0 Å². The van der Waals surface area contributed by atoms with Gasteiger partial charge in [0.1, 0.15) is 12.4 Å². The highest BCUT2D eigenvalue weighted by molar-refractivity contribution is 5.92. The number of ether oxygens (including phenoxy) is 3. The Morgan fingerprint density at radius 1 is 1.06 bits per heavy atom. The Labute approximate surface area is 192 Å². The van der Waals surface area contributed by atoms with Gasteiger partial charge < -0.3 is 24.1 Å². The van der Waals surface area contributed by atoms with E-state index in [0.717, 1.165) is 68.3 Å². The zero-order chi connectivity index (χ0) is 22.3. The molecule has 0 atom stereocenters. The van der Waals surface area contributed by atoms with Crippen molar-refractivity contribution in [3.05, 3.63) is 42.2 Å². The summed E-state index contributed by atoms with van der Waals surface area (Å²) in [5, 5.41) is 5.49. The summed E-state index contributed by atoms with van der Waals surface area (Å²) in [6, 6.07) is 10.4. The lowest BCUT2D eigenvalue weighted by atomic mass is 10.2. The molecule has 2 fully saturated rings. The number of rotatable bonds is 8. The van der Waals surface area contributed by atoms with Crippen LogP contribution in [0.15, 0.2) is 41.6 Å². The van der Waals surface area contributed by atoms with Gasteiger partial charge in [-0.05, 0) is 6.07 Å². The standard InChI is InChI=1S/C23H29N7O3/c1-2-4-20-19(3-1)21(17-24-20)28-25-16-18-15-22(30-8-12-32-13-9-30)27-23(26-18)33-14-7-29-5-10-31-11-6-29/h1-4,15-17,24,28H,5-14H2/b25-16+. The van der Waals surface area contributed by atoms with Crippen molar-refractivity contribution < 1.29 is 14.2 Å². The minimum Gasteiger partial charge on any atom is -0.462 e. The summed E-state index contributed by atoms with van der Waals surface area (Å²) < 4.78 is 16.8. The van der Waals surface area contributed by atoms with Crippen LogP contribution in [0, 0.1) is 0 Å². The molecule has 10 nitrogen and oxygen atoms in total. The van der Waals surface area contributed by atoms with Crippen LogP contribution in [-0.4, -0.2) is 91.8 Å². The maximum absolute atomic E-state index is 5.94. The van der Waals surface area contributed by atoms with E-state index >= 15 is 0 Å². The molecule has 2 N–H and O–H groups in total. The molecule has 0 amide bonds. The molecule has 2 aliphatic heterocycles. The fraction of sp³-hybridized carbons (Fsp3) is 0.435. The molecule has 1 aromatic carbocycles. The number of hydrogen-bond donors (Lipinski definition) is 2. The number of para-hydroxylation sites is 1. The summed E-state index contributed by atoms with van der Waals surface area (Å²) in [5.74, 6) is 0.822. The predicted octanol–water partition coefficient (Wildman–Crippen LogP) is 1.95. The van der Waals surface area contributed by atoms with Crippen molar-refractivity contribution in [3.8, 4) is 6.01 Å². The lowest BCUT2D eigenvalue weighted by molar-refractivity contribution is 0.0317. The van der Waals surface area contributed by atoms with Gasteiger partial charge in [0, 0.05) is 55.9 Å². The number of hydrazone groups is 1. The highest BCUT2D eigenvalue weighted by atomic mass is 16.5. The molecule has 3 aromatic rings. The van der Waals surface area contributed by atoms with Gasteiger partial charge in [-0.25, -0.2) is 0 Å². The fourth-order valence-corrected chi connectivity index (χ4v) is 3.94. The molecule has 2 aromatic heterocycles. The third-order valence-corrected chi connectivity index (χ3v) is 5.76. The van der Waals surface area contributed by atoms with Crippen molar-refractivity contribution in [2.75, 3.05) is 76.1 Å². The van der Waals surface area contributed by atoms with E-state index in [1.807, 2.05) is 36.5 Å². The van der Waals surface area contributed by atoms with E-state index in [-0.39, 0.29) is 0 Å². The van der Waals surface area contributed by atoms with Crippen LogP contribution in [0.3, 0.4) is 0 Å². The normalized spacial score (nSPS) is 17.6. The van der Waals surface area contributed by atoms with Gasteiger partial charge in [0.15, 0.2) is 0 Å². The van der Waals surface area contributed by atoms with E-state index in [2.05, 4.69) is 35.3 Å². The molecular formula is C23H29N7O3. The largest absolute Gasteiger partial charge is 0.462 e. The number of morpholine rings is 2. The molecule has 2 aliphatic rings. The van der Waals surface area contributed by atoms with Crippen LogP contribution >= 0.6 is 0 Å². The molecule has 4 heterocycles. The zero-order valence-electron chi connectivity index (χ0n) is 18.6. The molecule has 0 unspecified atom stereocenters. The molecule has 10 heteroatoms. The number of benzene rings is 1. The van der Waals surface area contributed by atoms with E-state index in [1.165, 1.54) is 0 Å². The van der Waals surface area contributed by atoms with Crippen molar-refractivity contribution in [3.63, 3.8) is 0 Å². The second-order valence-corrected chi connectivity index (χ2v) is 7.95. The molecule has 2 saturated heterocycles. The Morgan fingerprint density at radius 2 is 1.85 bits per heavy atom. The van der Waals surface area contributed by atoms with Gasteiger partial charge in [0.05, 0.1) is 44.0 Å². The first kappa shape index (κ1) is 21.6. The maximum atomic E-state index is 5.94. The summed E-state index contributed by atoms with van der Waals surface area (Å²) in [4.78, 5) is 16.9. The molecular weight excluding hydrogens is 422 g/mol. The summed E-state index contributed by atoms with van der Waals surface area (Å²) >= 11 is 0. The minimum absolute atomic E-state index is 0.362. The third kappa shape index (κ3) is 5.59. The summed E-state index contributed by atoms with van der Waals surface area (Å²) in [5.41, 5.74) is 5.75. The minimum atomic E-state index is 0.362. The SMILES string of the molecule is C(=N\Nc1c[nH]c2ccccc12)/c1cc(N2CCOCC2)nc(OCCN2CCOCC2)n1. The van der Waals surface area contributed by atoms with E-state index < -0.39 is 0 Å². The van der Waals surface area contributed by atoms with Gasteiger partial charge in [-0.2, -0.15) is 15.1 Å². The van der Waals surface area contributed by atoms with E-state index in [1.54, 1.807) is 6.21 Å². The van der Waals surface area contributed by atoms with Gasteiger partial charge in [-0.1, -0.05) is 18.2 Å². The topological polar surface area (TPSA) is 100 Å². The predicted molar refractivity (Wildman–Crippen MR) is 127 cm³/mol. The van der Waals surface area contributed by atoms with Gasteiger partial charge in [-0.15, -0.1) is 0 Å². The van der Waals surface area contributed by atoms with Gasteiger partial charge in [-0.3, -0.25) is 10.3 Å². The van der Waals surface area contributed by atoms with Crippen molar-refractivity contribution in [1.29, 1.82) is 0 Å². The second-order valence-electron chi connectivity index (χ2n) is 7.95. The first-order valence-electron chi connectivity index (χ1n) is 11.3. The molecule has 0 spiro atoms. The Balaban J connectivity index is 1.29. The van der Waals surface area contributed by atoms with Gasteiger partial charge in [0.25, 0.3) is 0 Å². The van der Waals surface area contributed by atoms with Gasteiger partial charge >= 0.3 is 6.01 Å². The van der Waals surface area contributed by atoms with Crippen LogP contribution in [0.4, 0.5) is 11.5 Å². The van der Waals surface area contributed by atoms with Crippen LogP contribution in [0.1, 0.15) is 5.69 Å². The van der Waals surface area contributed by atoms with Crippen molar-refractivity contribution in [1.82, 2.24) is 19.9 Å². The van der Waals surface area contributed by atoms with E-state index in [0.29, 0.717) is 31.5 Å². The molecule has 0 bridgehead atoms. The quantitative estimate of drug-likeness (QED) is 0.396. The highest BCUT2D eigenvalue weighted by Crippen LogP contribution is 2.22. The number of H-pyrrole nitrogens is 1. The monoisotopic (exact) mass is 451 g/mol. The number of nitrogens with one attached hydrogen (secondary N) is 2. The van der Waals surface area contributed by atoms with Crippen LogP contribution < -0.4 is 15.1 Å².